The number of hydrogen-bond acceptors (Lipinski definition) is 3. The molecule has 0 bridgehead atoms. The minimum atomic E-state index is -0.991. The number of amides is 1. The highest BCUT2D eigenvalue weighted by Gasteiger charge is 2.21. The number of nitrogens with zero attached hydrogens (tertiary/aromatic N) is 1. The molecule has 1 heterocycles. The largest absolute Gasteiger partial charge is 0.477 e. The lowest BCUT2D eigenvalue weighted by Crippen LogP contribution is -2.35. The zero-order valence-corrected chi connectivity index (χ0v) is 14.7. The molecule has 0 saturated heterocycles. The molecule has 0 spiro atoms. The van der Waals surface area contributed by atoms with Crippen molar-refractivity contribution in [3.05, 3.63) is 35.5 Å². The number of alkyl carbamates (subject to hydrolysis) is 1. The van der Waals surface area contributed by atoms with Crippen molar-refractivity contribution >= 4 is 23.0 Å². The smallest absolute Gasteiger partial charge is 0.407 e. The van der Waals surface area contributed by atoms with Crippen LogP contribution in [-0.4, -0.2) is 33.9 Å². The fourth-order valence-corrected chi connectivity index (χ4v) is 2.72. The average Bonchev–Trinajstić information content (AvgIpc) is 2.84. The van der Waals surface area contributed by atoms with Gasteiger partial charge in [0, 0.05) is 18.0 Å². The number of hydrogen-bond donors (Lipinski definition) is 2. The van der Waals surface area contributed by atoms with Crippen LogP contribution in [0.2, 0.25) is 0 Å². The summed E-state index contributed by atoms with van der Waals surface area (Å²) in [6, 6.07) is 7.16. The highest BCUT2D eigenvalue weighted by molar-refractivity contribution is 5.95. The van der Waals surface area contributed by atoms with Crippen LogP contribution in [0.1, 0.15) is 49.8 Å². The van der Waals surface area contributed by atoms with E-state index in [9.17, 15) is 14.7 Å². The molecule has 0 aliphatic heterocycles. The number of ether oxygens (including phenoxy) is 1. The number of rotatable bonds is 4. The Labute approximate surface area is 141 Å². The number of aryl methyl sites for hydroxylation is 1. The molecule has 1 aromatic heterocycles. The molecular formula is C18H24N2O4. The van der Waals surface area contributed by atoms with Crippen molar-refractivity contribution in [1.29, 1.82) is 0 Å². The third-order valence-electron chi connectivity index (χ3n) is 3.66. The third kappa shape index (κ3) is 3.88. The lowest BCUT2D eigenvalue weighted by atomic mass is 10.1. The Kier molecular flexibility index (Phi) is 4.87. The summed E-state index contributed by atoms with van der Waals surface area (Å²) in [6.07, 6.45) is -0.514. The zero-order chi connectivity index (χ0) is 18.1. The molecule has 1 amide bonds. The number of fused-ring (bicyclic) bond motifs is 1. The fourth-order valence-electron chi connectivity index (χ4n) is 2.72. The number of aromatic nitrogens is 1. The van der Waals surface area contributed by atoms with Gasteiger partial charge < -0.3 is 19.7 Å². The zero-order valence-electron chi connectivity index (χ0n) is 14.7. The van der Waals surface area contributed by atoms with E-state index in [0.717, 1.165) is 16.5 Å². The maximum atomic E-state index is 11.8. The Hall–Kier alpha value is -2.50. The second kappa shape index (κ2) is 6.55. The van der Waals surface area contributed by atoms with Crippen LogP contribution in [0.3, 0.4) is 0 Å². The van der Waals surface area contributed by atoms with Crippen LogP contribution < -0.4 is 5.32 Å². The first kappa shape index (κ1) is 17.8. The molecule has 6 nitrogen and oxygen atoms in total. The van der Waals surface area contributed by atoms with E-state index < -0.39 is 17.7 Å². The molecule has 24 heavy (non-hydrogen) atoms. The number of carbonyl (C=O) groups excluding carboxylic acids is 1. The lowest BCUT2D eigenvalue weighted by Gasteiger charge is -2.22. The summed E-state index contributed by atoms with van der Waals surface area (Å²) >= 11 is 0. The van der Waals surface area contributed by atoms with E-state index in [4.69, 9.17) is 4.74 Å². The van der Waals surface area contributed by atoms with Crippen LogP contribution in [0.4, 0.5) is 4.79 Å². The molecule has 0 aliphatic carbocycles. The standard InChI is InChI=1S/C18H24N2O4/c1-11-7-6-8-13-9-14(16(21)22)20(15(11)13)12(2)10-19-17(23)24-18(3,4)5/h6-9,12H,10H2,1-5H3,(H,19,23)(H,21,22)/t12-/m1/s1. The van der Waals surface area contributed by atoms with Gasteiger partial charge in [-0.05, 0) is 46.2 Å². The summed E-state index contributed by atoms with van der Waals surface area (Å²) in [7, 11) is 0. The first-order chi connectivity index (χ1) is 11.1. The molecule has 1 aromatic carbocycles. The molecule has 0 unspecified atom stereocenters. The van der Waals surface area contributed by atoms with Gasteiger partial charge in [0.05, 0.1) is 5.52 Å². The van der Waals surface area contributed by atoms with Crippen LogP contribution in [0.25, 0.3) is 10.9 Å². The highest BCUT2D eigenvalue weighted by atomic mass is 16.6. The van der Waals surface area contributed by atoms with E-state index in [0.29, 0.717) is 0 Å². The van der Waals surface area contributed by atoms with Crippen molar-refractivity contribution in [3.63, 3.8) is 0 Å². The molecule has 0 radical (unpaired) electrons. The molecule has 2 aromatic rings. The van der Waals surface area contributed by atoms with Crippen molar-refractivity contribution in [1.82, 2.24) is 9.88 Å². The number of benzene rings is 1. The third-order valence-corrected chi connectivity index (χ3v) is 3.66. The van der Waals surface area contributed by atoms with Crippen molar-refractivity contribution in [2.24, 2.45) is 0 Å². The summed E-state index contributed by atoms with van der Waals surface area (Å²) in [5.74, 6) is -0.991. The van der Waals surface area contributed by atoms with Gasteiger partial charge in [-0.3, -0.25) is 0 Å². The molecule has 0 saturated carbocycles. The topological polar surface area (TPSA) is 80.6 Å². The first-order valence-corrected chi connectivity index (χ1v) is 7.91. The average molecular weight is 332 g/mol. The minimum Gasteiger partial charge on any atom is -0.477 e. The van der Waals surface area contributed by atoms with Gasteiger partial charge in [-0.25, -0.2) is 9.59 Å². The van der Waals surface area contributed by atoms with Crippen LogP contribution in [0.15, 0.2) is 24.3 Å². The Morgan fingerprint density at radius 1 is 1.33 bits per heavy atom. The van der Waals surface area contributed by atoms with E-state index in [1.165, 1.54) is 0 Å². The minimum absolute atomic E-state index is 0.206. The Bertz CT molecular complexity index is 771. The first-order valence-electron chi connectivity index (χ1n) is 7.91. The lowest BCUT2D eigenvalue weighted by molar-refractivity contribution is 0.0521. The molecular weight excluding hydrogens is 308 g/mol. The second-order valence-electron chi connectivity index (χ2n) is 6.95. The van der Waals surface area contributed by atoms with Crippen molar-refractivity contribution in [2.75, 3.05) is 6.54 Å². The fraction of sp³-hybridized carbons (Fsp3) is 0.444. The van der Waals surface area contributed by atoms with Crippen LogP contribution in [0, 0.1) is 6.92 Å². The van der Waals surface area contributed by atoms with E-state index in [2.05, 4.69) is 5.32 Å². The number of carboxylic acids is 1. The number of aromatic carboxylic acids is 1. The summed E-state index contributed by atoms with van der Waals surface area (Å²) < 4.78 is 6.97. The van der Waals surface area contributed by atoms with Gasteiger partial charge in [0.15, 0.2) is 0 Å². The predicted molar refractivity (Wildman–Crippen MR) is 92.6 cm³/mol. The van der Waals surface area contributed by atoms with Crippen LogP contribution in [0.5, 0.6) is 0 Å². The van der Waals surface area contributed by atoms with E-state index in [-0.39, 0.29) is 18.3 Å². The predicted octanol–water partition coefficient (Wildman–Crippen LogP) is 3.73. The number of carbonyl (C=O) groups is 2. The quantitative estimate of drug-likeness (QED) is 0.894. The monoisotopic (exact) mass is 332 g/mol. The molecule has 0 aliphatic rings. The van der Waals surface area contributed by atoms with E-state index in [1.54, 1.807) is 31.4 Å². The highest BCUT2D eigenvalue weighted by Crippen LogP contribution is 2.27. The van der Waals surface area contributed by atoms with Crippen molar-refractivity contribution < 1.29 is 19.4 Å². The van der Waals surface area contributed by atoms with Crippen LogP contribution in [-0.2, 0) is 4.74 Å². The van der Waals surface area contributed by atoms with Gasteiger partial charge in [-0.1, -0.05) is 18.2 Å². The van der Waals surface area contributed by atoms with Gasteiger partial charge in [-0.2, -0.15) is 0 Å². The van der Waals surface area contributed by atoms with Gasteiger partial charge in [0.2, 0.25) is 0 Å². The summed E-state index contributed by atoms with van der Waals surface area (Å²) in [5.41, 5.74) is 1.49. The number of nitrogens with one attached hydrogen (secondary N) is 1. The molecule has 2 N–H and O–H groups in total. The SMILES string of the molecule is Cc1cccc2cc(C(=O)O)n([C@H](C)CNC(=O)OC(C)(C)C)c12. The Morgan fingerprint density at radius 2 is 2.00 bits per heavy atom. The Morgan fingerprint density at radius 3 is 2.58 bits per heavy atom. The normalized spacial score (nSPS) is 12.9. The van der Waals surface area contributed by atoms with Gasteiger partial charge in [-0.15, -0.1) is 0 Å². The summed E-state index contributed by atoms with van der Waals surface area (Å²) in [5, 5.41) is 13.1. The maximum absolute atomic E-state index is 11.8. The van der Waals surface area contributed by atoms with Gasteiger partial charge in [0.1, 0.15) is 11.3 Å². The molecule has 0 fully saturated rings. The van der Waals surface area contributed by atoms with E-state index in [1.807, 2.05) is 32.0 Å². The molecule has 130 valence electrons. The Balaban J connectivity index is 2.28. The van der Waals surface area contributed by atoms with Crippen molar-refractivity contribution in [3.8, 4) is 0 Å². The number of carboxylic acid groups (broad SMARTS) is 1. The summed E-state index contributed by atoms with van der Waals surface area (Å²) in [6.45, 7) is 9.46. The van der Waals surface area contributed by atoms with Gasteiger partial charge >= 0.3 is 12.1 Å². The van der Waals surface area contributed by atoms with E-state index >= 15 is 0 Å². The number of para-hydroxylation sites is 1. The van der Waals surface area contributed by atoms with Crippen LogP contribution >= 0.6 is 0 Å². The van der Waals surface area contributed by atoms with Crippen molar-refractivity contribution in [2.45, 2.75) is 46.3 Å². The molecule has 6 heteroatoms. The second-order valence-corrected chi connectivity index (χ2v) is 6.95. The maximum Gasteiger partial charge on any atom is 0.407 e. The van der Waals surface area contributed by atoms with Gasteiger partial charge in [0.25, 0.3) is 0 Å². The molecule has 2 rings (SSSR count). The molecule has 1 atom stereocenters. The summed E-state index contributed by atoms with van der Waals surface area (Å²) in [4.78, 5) is 23.4.